The summed E-state index contributed by atoms with van der Waals surface area (Å²) in [6.07, 6.45) is 41.5. The highest BCUT2D eigenvalue weighted by atomic mass is 15.1. The fraction of sp³-hybridized carbons (Fsp3) is 0.914. The lowest BCUT2D eigenvalue weighted by Gasteiger charge is -2.16. The zero-order valence-corrected chi connectivity index (χ0v) is 26.1. The zero-order valence-electron chi connectivity index (χ0n) is 26.1. The molecule has 2 nitrogen and oxygen atoms in total. The van der Waals surface area contributed by atoms with Crippen LogP contribution >= 0.6 is 0 Å². The van der Waals surface area contributed by atoms with Crippen molar-refractivity contribution in [3.8, 4) is 0 Å². The molecular formula is C35H69N2+. The van der Waals surface area contributed by atoms with Gasteiger partial charge in [0, 0.05) is 0 Å². The summed E-state index contributed by atoms with van der Waals surface area (Å²) in [5.74, 6) is 2.22. The van der Waals surface area contributed by atoms with Crippen LogP contribution in [0.3, 0.4) is 0 Å². The topological polar surface area (TPSA) is 19.7 Å². The van der Waals surface area contributed by atoms with E-state index in [4.69, 9.17) is 0 Å². The van der Waals surface area contributed by atoms with Gasteiger partial charge in [-0.15, -0.1) is 0 Å². The predicted molar refractivity (Wildman–Crippen MR) is 166 cm³/mol. The molecule has 0 aliphatic heterocycles. The van der Waals surface area contributed by atoms with Crippen molar-refractivity contribution in [3.05, 3.63) is 18.2 Å². The van der Waals surface area contributed by atoms with Crippen LogP contribution in [0, 0.1) is 0 Å². The van der Waals surface area contributed by atoms with E-state index in [2.05, 4.69) is 49.6 Å². The summed E-state index contributed by atoms with van der Waals surface area (Å²) in [5, 5.41) is 0. The lowest BCUT2D eigenvalue weighted by atomic mass is 9.93. The van der Waals surface area contributed by atoms with E-state index in [1.807, 2.05) is 0 Å². The Bertz CT molecular complexity index is 578. The average Bonchev–Trinajstić information content (AvgIpc) is 3.40. The van der Waals surface area contributed by atoms with E-state index in [9.17, 15) is 0 Å². The molecule has 2 heteroatoms. The molecule has 1 heterocycles. The first-order chi connectivity index (χ1) is 18.2. The normalized spacial score (nSPS) is 13.3. The van der Waals surface area contributed by atoms with Gasteiger partial charge in [-0.05, 0) is 26.2 Å². The summed E-state index contributed by atoms with van der Waals surface area (Å²) in [6.45, 7) is 9.31. The van der Waals surface area contributed by atoms with Gasteiger partial charge in [-0.25, -0.2) is 9.55 Å². The van der Waals surface area contributed by atoms with Gasteiger partial charge in [0.05, 0.1) is 12.0 Å². The van der Waals surface area contributed by atoms with Crippen molar-refractivity contribution in [1.82, 2.24) is 4.98 Å². The van der Waals surface area contributed by atoms with Crippen LogP contribution in [-0.2, 0) is 0 Å². The molecule has 0 aliphatic carbocycles. The molecule has 0 bridgehead atoms. The Labute approximate surface area is 234 Å². The van der Waals surface area contributed by atoms with E-state index in [1.54, 1.807) is 0 Å². The number of hydrogen-bond donors (Lipinski definition) is 1. The van der Waals surface area contributed by atoms with E-state index in [-0.39, 0.29) is 0 Å². The largest absolute Gasteiger partial charge is 0.257 e. The third-order valence-corrected chi connectivity index (χ3v) is 8.76. The molecule has 2 unspecified atom stereocenters. The third kappa shape index (κ3) is 18.2. The Balaban J connectivity index is 2.16. The lowest BCUT2D eigenvalue weighted by Crippen LogP contribution is -2.40. The number of hydrogen-bond acceptors (Lipinski definition) is 0. The van der Waals surface area contributed by atoms with Gasteiger partial charge in [0.15, 0.2) is 0 Å². The van der Waals surface area contributed by atoms with Crippen molar-refractivity contribution >= 4 is 0 Å². The number of imidazole rings is 1. The molecule has 218 valence electrons. The third-order valence-electron chi connectivity index (χ3n) is 8.76. The number of aromatic amines is 1. The van der Waals surface area contributed by atoms with Gasteiger partial charge in [-0.3, -0.25) is 0 Å². The summed E-state index contributed by atoms with van der Waals surface area (Å²) < 4.78 is 2.54. The molecule has 0 amide bonds. The number of nitrogens with one attached hydrogen (secondary N) is 1. The standard InChI is InChI=1S/C35H68N2/c1-5-8-10-12-14-15-16-17-18-19-20-21-22-24-26-28-30-34(29-27-25-23-13-11-9-6-2)35-36-31-32-37(35)33(4)7-3/h31-34H,5-30H2,1-4H3/p+1. The number of unbranched alkanes of at least 4 members (excludes halogenated alkanes) is 21. The van der Waals surface area contributed by atoms with Gasteiger partial charge in [-0.2, -0.15) is 0 Å². The molecule has 0 aromatic carbocycles. The Morgan fingerprint density at radius 2 is 0.892 bits per heavy atom. The second kappa shape index (κ2) is 25.5. The van der Waals surface area contributed by atoms with Crippen molar-refractivity contribution in [1.29, 1.82) is 0 Å². The molecule has 2 atom stereocenters. The van der Waals surface area contributed by atoms with E-state index in [0.29, 0.717) is 12.0 Å². The number of H-pyrrole nitrogens is 1. The van der Waals surface area contributed by atoms with Crippen LogP contribution < -0.4 is 4.57 Å². The van der Waals surface area contributed by atoms with Crippen molar-refractivity contribution in [2.24, 2.45) is 0 Å². The highest BCUT2D eigenvalue weighted by Crippen LogP contribution is 2.27. The number of nitrogens with zero attached hydrogens (tertiary/aromatic N) is 1. The van der Waals surface area contributed by atoms with Gasteiger partial charge in [0.25, 0.3) is 5.82 Å². The molecule has 1 N–H and O–H groups in total. The Morgan fingerprint density at radius 3 is 1.24 bits per heavy atom. The maximum atomic E-state index is 3.66. The van der Waals surface area contributed by atoms with Crippen LogP contribution in [0.15, 0.2) is 12.4 Å². The van der Waals surface area contributed by atoms with Gasteiger partial charge >= 0.3 is 0 Å². The molecule has 0 aliphatic rings. The molecule has 1 aromatic rings. The lowest BCUT2D eigenvalue weighted by molar-refractivity contribution is -0.726. The van der Waals surface area contributed by atoms with E-state index in [1.165, 1.54) is 173 Å². The Morgan fingerprint density at radius 1 is 0.541 bits per heavy atom. The molecule has 0 fully saturated rings. The summed E-state index contributed by atoms with van der Waals surface area (Å²) in [5.41, 5.74) is 0. The first-order valence-corrected chi connectivity index (χ1v) is 17.3. The van der Waals surface area contributed by atoms with Crippen LogP contribution in [0.4, 0.5) is 0 Å². The van der Waals surface area contributed by atoms with E-state index >= 15 is 0 Å². The van der Waals surface area contributed by atoms with Crippen molar-refractivity contribution in [2.75, 3.05) is 0 Å². The average molecular weight is 518 g/mol. The predicted octanol–water partition coefficient (Wildman–Crippen LogP) is 12.1. The summed E-state index contributed by atoms with van der Waals surface area (Å²) in [4.78, 5) is 3.66. The number of rotatable bonds is 28. The smallest absolute Gasteiger partial charge is 0.247 e. The molecular weight excluding hydrogens is 448 g/mol. The minimum Gasteiger partial charge on any atom is -0.247 e. The molecule has 1 aromatic heterocycles. The monoisotopic (exact) mass is 518 g/mol. The highest BCUT2D eigenvalue weighted by molar-refractivity contribution is 4.90. The van der Waals surface area contributed by atoms with Crippen LogP contribution in [-0.4, -0.2) is 4.98 Å². The van der Waals surface area contributed by atoms with Crippen molar-refractivity contribution < 1.29 is 4.57 Å². The first-order valence-electron chi connectivity index (χ1n) is 17.3. The molecule has 37 heavy (non-hydrogen) atoms. The first kappa shape index (κ1) is 34.2. The van der Waals surface area contributed by atoms with Gasteiger partial charge in [-0.1, -0.05) is 168 Å². The maximum absolute atomic E-state index is 3.66. The second-order valence-electron chi connectivity index (χ2n) is 12.2. The minimum atomic E-state index is 0.601. The second-order valence-corrected chi connectivity index (χ2v) is 12.2. The summed E-state index contributed by atoms with van der Waals surface area (Å²) in [6, 6.07) is 0.601. The Hall–Kier alpha value is -0.790. The van der Waals surface area contributed by atoms with Crippen LogP contribution in [0.1, 0.15) is 212 Å². The fourth-order valence-corrected chi connectivity index (χ4v) is 5.97. The highest BCUT2D eigenvalue weighted by Gasteiger charge is 2.24. The minimum absolute atomic E-state index is 0.601. The van der Waals surface area contributed by atoms with Gasteiger partial charge in [0.1, 0.15) is 12.4 Å². The summed E-state index contributed by atoms with van der Waals surface area (Å²) >= 11 is 0. The SMILES string of the molecule is CCCCCCCCCCCCCCCCCCC(CCCCCCCCC)c1[nH]cc[n+]1C(C)CC. The Kier molecular flexibility index (Phi) is 23.6. The van der Waals surface area contributed by atoms with Gasteiger partial charge < -0.3 is 0 Å². The fourth-order valence-electron chi connectivity index (χ4n) is 5.97. The number of aromatic nitrogens is 2. The molecule has 0 saturated carbocycles. The van der Waals surface area contributed by atoms with Crippen LogP contribution in [0.5, 0.6) is 0 Å². The van der Waals surface area contributed by atoms with E-state index in [0.717, 1.165) is 0 Å². The van der Waals surface area contributed by atoms with Gasteiger partial charge in [0.2, 0.25) is 0 Å². The van der Waals surface area contributed by atoms with Crippen LogP contribution in [0.2, 0.25) is 0 Å². The van der Waals surface area contributed by atoms with Crippen molar-refractivity contribution in [3.63, 3.8) is 0 Å². The summed E-state index contributed by atoms with van der Waals surface area (Å²) in [7, 11) is 0. The van der Waals surface area contributed by atoms with Crippen molar-refractivity contribution in [2.45, 2.75) is 207 Å². The molecule has 0 saturated heterocycles. The molecule has 1 rings (SSSR count). The van der Waals surface area contributed by atoms with E-state index < -0.39 is 0 Å². The molecule has 0 radical (unpaired) electrons. The maximum Gasteiger partial charge on any atom is 0.257 e. The molecule has 0 spiro atoms. The zero-order chi connectivity index (χ0) is 26.8. The quantitative estimate of drug-likeness (QED) is 0.0842. The van der Waals surface area contributed by atoms with Crippen LogP contribution in [0.25, 0.3) is 0 Å².